The lowest BCUT2D eigenvalue weighted by Crippen LogP contribution is -2.16. The van der Waals surface area contributed by atoms with Crippen molar-refractivity contribution in [1.82, 2.24) is 5.32 Å². The van der Waals surface area contributed by atoms with Crippen LogP contribution in [0, 0.1) is 0 Å². The van der Waals surface area contributed by atoms with E-state index in [1.807, 2.05) is 25.2 Å². The Kier molecular flexibility index (Phi) is 3.87. The third-order valence-electron chi connectivity index (χ3n) is 2.39. The van der Waals surface area contributed by atoms with Crippen LogP contribution in [0.15, 0.2) is 35.7 Å². The largest absolute Gasteiger partial charge is 0.309 e. The maximum atomic E-state index is 6.20. The van der Waals surface area contributed by atoms with Crippen molar-refractivity contribution in [2.75, 3.05) is 7.05 Å². The summed E-state index contributed by atoms with van der Waals surface area (Å²) in [7, 11) is 1.93. The molecule has 1 atom stereocenters. The molecule has 0 aliphatic carbocycles. The van der Waals surface area contributed by atoms with Gasteiger partial charge in [0.25, 0.3) is 0 Å². The summed E-state index contributed by atoms with van der Waals surface area (Å²) in [6.07, 6.45) is 0. The van der Waals surface area contributed by atoms with Gasteiger partial charge in [0.05, 0.1) is 6.04 Å². The van der Waals surface area contributed by atoms with Crippen molar-refractivity contribution in [3.8, 4) is 0 Å². The molecule has 0 radical (unpaired) electrons. The Balaban J connectivity index is 2.41. The van der Waals surface area contributed by atoms with Gasteiger partial charge in [-0.1, -0.05) is 35.3 Å². The van der Waals surface area contributed by atoms with Crippen LogP contribution in [-0.4, -0.2) is 7.05 Å². The first kappa shape index (κ1) is 11.9. The summed E-state index contributed by atoms with van der Waals surface area (Å²) in [6, 6.07) is 9.86. The van der Waals surface area contributed by atoms with Gasteiger partial charge < -0.3 is 5.32 Å². The normalized spacial score (nSPS) is 12.7. The summed E-state index contributed by atoms with van der Waals surface area (Å²) in [5.74, 6) is 0. The van der Waals surface area contributed by atoms with Crippen molar-refractivity contribution < 1.29 is 0 Å². The highest BCUT2D eigenvalue weighted by Crippen LogP contribution is 2.32. The van der Waals surface area contributed by atoms with Crippen LogP contribution in [0.1, 0.15) is 16.5 Å². The number of halogens is 2. The number of benzene rings is 1. The van der Waals surface area contributed by atoms with Crippen LogP contribution in [-0.2, 0) is 0 Å². The highest BCUT2D eigenvalue weighted by atomic mass is 35.5. The molecule has 1 heterocycles. The molecule has 0 saturated carbocycles. The van der Waals surface area contributed by atoms with Gasteiger partial charge in [0.15, 0.2) is 0 Å². The second-order valence-corrected chi connectivity index (χ2v) is 5.23. The van der Waals surface area contributed by atoms with Crippen LogP contribution in [0.25, 0.3) is 0 Å². The van der Waals surface area contributed by atoms with E-state index in [0.29, 0.717) is 10.0 Å². The van der Waals surface area contributed by atoms with E-state index in [0.717, 1.165) is 5.56 Å². The van der Waals surface area contributed by atoms with Crippen LogP contribution in [0.4, 0.5) is 0 Å². The molecule has 0 amide bonds. The number of nitrogens with one attached hydrogen (secondary N) is 1. The first-order valence-corrected chi connectivity index (χ1v) is 6.51. The molecule has 0 fully saturated rings. The summed E-state index contributed by atoms with van der Waals surface area (Å²) in [4.78, 5) is 1.24. The van der Waals surface area contributed by atoms with Crippen LogP contribution in [0.2, 0.25) is 10.0 Å². The van der Waals surface area contributed by atoms with Gasteiger partial charge in [-0.15, -0.1) is 11.3 Å². The molecule has 1 N–H and O–H groups in total. The molecule has 1 nitrogen and oxygen atoms in total. The summed E-state index contributed by atoms with van der Waals surface area (Å²) in [6.45, 7) is 0. The lowest BCUT2D eigenvalue weighted by Gasteiger charge is -2.16. The SMILES string of the molecule is CNC(c1cccs1)c1ccc(Cl)cc1Cl. The molecule has 2 rings (SSSR count). The van der Waals surface area contributed by atoms with Gasteiger partial charge in [-0.2, -0.15) is 0 Å². The van der Waals surface area contributed by atoms with E-state index in [1.165, 1.54) is 4.88 Å². The van der Waals surface area contributed by atoms with E-state index in [1.54, 1.807) is 17.4 Å². The molecule has 0 aliphatic rings. The number of hydrogen-bond donors (Lipinski definition) is 1. The molecule has 4 heteroatoms. The smallest absolute Gasteiger partial charge is 0.0683 e. The zero-order valence-corrected chi connectivity index (χ0v) is 11.0. The van der Waals surface area contributed by atoms with Crippen molar-refractivity contribution >= 4 is 34.5 Å². The molecule has 0 bridgehead atoms. The van der Waals surface area contributed by atoms with Gasteiger partial charge in [-0.05, 0) is 36.2 Å². The minimum Gasteiger partial charge on any atom is -0.309 e. The molecular formula is C12H11Cl2NS. The fraction of sp³-hybridized carbons (Fsp3) is 0.167. The summed E-state index contributed by atoms with van der Waals surface area (Å²) in [5.41, 5.74) is 1.05. The molecule has 0 saturated heterocycles. The lowest BCUT2D eigenvalue weighted by molar-refractivity contribution is 0.704. The van der Waals surface area contributed by atoms with Crippen LogP contribution < -0.4 is 5.32 Å². The third kappa shape index (κ3) is 2.41. The van der Waals surface area contributed by atoms with E-state index in [4.69, 9.17) is 23.2 Å². The Morgan fingerprint density at radius 3 is 2.62 bits per heavy atom. The molecule has 0 spiro atoms. The van der Waals surface area contributed by atoms with Crippen molar-refractivity contribution in [1.29, 1.82) is 0 Å². The quantitative estimate of drug-likeness (QED) is 0.875. The molecular weight excluding hydrogens is 261 g/mol. The molecule has 84 valence electrons. The molecule has 1 aromatic heterocycles. The maximum absolute atomic E-state index is 6.20. The van der Waals surface area contributed by atoms with Crippen LogP contribution in [0.3, 0.4) is 0 Å². The predicted molar refractivity (Wildman–Crippen MR) is 71.7 cm³/mol. The third-order valence-corrected chi connectivity index (χ3v) is 3.89. The van der Waals surface area contributed by atoms with E-state index < -0.39 is 0 Å². The topological polar surface area (TPSA) is 12.0 Å². The Morgan fingerprint density at radius 1 is 1.25 bits per heavy atom. The zero-order valence-electron chi connectivity index (χ0n) is 8.71. The minimum atomic E-state index is 0.129. The van der Waals surface area contributed by atoms with Gasteiger partial charge in [0.2, 0.25) is 0 Å². The van der Waals surface area contributed by atoms with Crippen molar-refractivity contribution in [3.63, 3.8) is 0 Å². The molecule has 2 aromatic rings. The summed E-state index contributed by atoms with van der Waals surface area (Å²) >= 11 is 13.8. The van der Waals surface area contributed by atoms with Crippen molar-refractivity contribution in [2.24, 2.45) is 0 Å². The fourth-order valence-corrected chi connectivity index (χ4v) is 3.01. The summed E-state index contributed by atoms with van der Waals surface area (Å²) < 4.78 is 0. The van der Waals surface area contributed by atoms with E-state index in [2.05, 4.69) is 16.8 Å². The van der Waals surface area contributed by atoms with Crippen molar-refractivity contribution in [3.05, 3.63) is 56.2 Å². The average Bonchev–Trinajstić information content (AvgIpc) is 2.75. The van der Waals surface area contributed by atoms with Gasteiger partial charge in [-0.3, -0.25) is 0 Å². The Labute approximate surface area is 109 Å². The first-order chi connectivity index (χ1) is 7.72. The van der Waals surface area contributed by atoms with Crippen LogP contribution in [0.5, 0.6) is 0 Å². The zero-order chi connectivity index (χ0) is 11.5. The van der Waals surface area contributed by atoms with Gasteiger partial charge >= 0.3 is 0 Å². The second kappa shape index (κ2) is 5.19. The molecule has 1 aromatic carbocycles. The monoisotopic (exact) mass is 271 g/mol. The predicted octanol–water partition coefficient (Wildman–Crippen LogP) is 4.36. The minimum absolute atomic E-state index is 0.129. The fourth-order valence-electron chi connectivity index (χ4n) is 1.64. The van der Waals surface area contributed by atoms with Gasteiger partial charge in [0.1, 0.15) is 0 Å². The van der Waals surface area contributed by atoms with Gasteiger partial charge in [-0.25, -0.2) is 0 Å². The molecule has 16 heavy (non-hydrogen) atoms. The standard InChI is InChI=1S/C12H11Cl2NS/c1-15-12(11-3-2-6-16-11)9-5-4-8(13)7-10(9)14/h2-7,12,15H,1H3. The average molecular weight is 272 g/mol. The van der Waals surface area contributed by atoms with E-state index in [-0.39, 0.29) is 6.04 Å². The molecule has 0 aliphatic heterocycles. The van der Waals surface area contributed by atoms with Crippen molar-refractivity contribution in [2.45, 2.75) is 6.04 Å². The maximum Gasteiger partial charge on any atom is 0.0683 e. The second-order valence-electron chi connectivity index (χ2n) is 3.40. The Hall–Kier alpha value is -0.540. The van der Waals surface area contributed by atoms with E-state index in [9.17, 15) is 0 Å². The van der Waals surface area contributed by atoms with Gasteiger partial charge in [0, 0.05) is 14.9 Å². The summed E-state index contributed by atoms with van der Waals surface area (Å²) in [5, 5.41) is 6.68. The number of rotatable bonds is 3. The highest BCUT2D eigenvalue weighted by molar-refractivity contribution is 7.10. The Morgan fingerprint density at radius 2 is 2.06 bits per heavy atom. The van der Waals surface area contributed by atoms with E-state index >= 15 is 0 Å². The number of hydrogen-bond acceptors (Lipinski definition) is 2. The van der Waals surface area contributed by atoms with Crippen LogP contribution >= 0.6 is 34.5 Å². The first-order valence-electron chi connectivity index (χ1n) is 4.88. The lowest BCUT2D eigenvalue weighted by atomic mass is 10.1. The highest BCUT2D eigenvalue weighted by Gasteiger charge is 2.15. The molecule has 1 unspecified atom stereocenters. The number of thiophene rings is 1. The Bertz CT molecular complexity index is 468.